The van der Waals surface area contributed by atoms with Crippen LogP contribution < -0.4 is 5.32 Å². The van der Waals surface area contributed by atoms with Gasteiger partial charge in [0.05, 0.1) is 0 Å². The number of aromatic hydroxyl groups is 1. The molecule has 0 aliphatic heterocycles. The molecule has 2 rings (SSSR count). The molecular weight excluding hydrogens is 283 g/mol. The zero-order valence-electron chi connectivity index (χ0n) is 12.6. The molecule has 5 heteroatoms. The predicted molar refractivity (Wildman–Crippen MR) is 82.8 cm³/mol. The van der Waals surface area contributed by atoms with Crippen LogP contribution >= 0.6 is 0 Å². The third-order valence-corrected chi connectivity index (χ3v) is 3.35. The highest BCUT2D eigenvalue weighted by Crippen LogP contribution is 2.19. The molecule has 0 aliphatic rings. The van der Waals surface area contributed by atoms with Gasteiger partial charge in [-0.05, 0) is 49.5 Å². The largest absolute Gasteiger partial charge is 0.508 e. The summed E-state index contributed by atoms with van der Waals surface area (Å²) in [6.07, 6.45) is 0. The minimum Gasteiger partial charge on any atom is -0.508 e. The van der Waals surface area contributed by atoms with Crippen molar-refractivity contribution in [1.82, 2.24) is 10.2 Å². The molecule has 2 N–H and O–H groups in total. The van der Waals surface area contributed by atoms with Gasteiger partial charge in [-0.25, -0.2) is 4.39 Å². The van der Waals surface area contributed by atoms with Crippen molar-refractivity contribution in [3.05, 3.63) is 65.5 Å². The molecule has 1 atom stereocenters. The maximum atomic E-state index is 13.0. The molecule has 0 bridgehead atoms. The first kappa shape index (κ1) is 16.0. The van der Waals surface area contributed by atoms with Gasteiger partial charge in [0.2, 0.25) is 5.91 Å². The summed E-state index contributed by atoms with van der Waals surface area (Å²) in [5, 5.41) is 12.1. The summed E-state index contributed by atoms with van der Waals surface area (Å²) in [6.45, 7) is 0.366. The van der Waals surface area contributed by atoms with Crippen LogP contribution in [0.25, 0.3) is 0 Å². The van der Waals surface area contributed by atoms with Crippen LogP contribution in [0.15, 0.2) is 48.5 Å². The fourth-order valence-corrected chi connectivity index (χ4v) is 2.23. The van der Waals surface area contributed by atoms with Gasteiger partial charge in [-0.1, -0.05) is 24.3 Å². The molecule has 0 spiro atoms. The molecule has 1 amide bonds. The number of amides is 1. The van der Waals surface area contributed by atoms with Gasteiger partial charge in [0.1, 0.15) is 17.6 Å². The topological polar surface area (TPSA) is 52.6 Å². The Kier molecular flexibility index (Phi) is 5.12. The molecule has 2 aromatic rings. The molecule has 2 aromatic carbocycles. The molecule has 0 aliphatic carbocycles. The lowest BCUT2D eigenvalue weighted by molar-refractivity contribution is -0.125. The summed E-state index contributed by atoms with van der Waals surface area (Å²) in [7, 11) is 3.60. The Bertz CT molecular complexity index is 624. The van der Waals surface area contributed by atoms with Crippen LogP contribution in [0.3, 0.4) is 0 Å². The van der Waals surface area contributed by atoms with E-state index in [1.165, 1.54) is 12.1 Å². The van der Waals surface area contributed by atoms with Gasteiger partial charge in [0.15, 0.2) is 0 Å². The lowest BCUT2D eigenvalue weighted by atomic mass is 10.0. The van der Waals surface area contributed by atoms with Gasteiger partial charge in [-0.2, -0.15) is 0 Å². The van der Waals surface area contributed by atoms with E-state index >= 15 is 0 Å². The average molecular weight is 302 g/mol. The molecule has 0 saturated heterocycles. The lowest BCUT2D eigenvalue weighted by Crippen LogP contribution is -2.36. The first-order valence-electron chi connectivity index (χ1n) is 6.95. The fraction of sp³-hybridized carbons (Fsp3) is 0.235. The van der Waals surface area contributed by atoms with E-state index in [-0.39, 0.29) is 17.5 Å². The molecule has 0 heterocycles. The van der Waals surface area contributed by atoms with Gasteiger partial charge in [0.25, 0.3) is 0 Å². The third kappa shape index (κ3) is 4.05. The zero-order chi connectivity index (χ0) is 16.1. The van der Waals surface area contributed by atoms with Crippen LogP contribution in [0.5, 0.6) is 5.75 Å². The molecule has 0 fully saturated rings. The van der Waals surface area contributed by atoms with Crippen molar-refractivity contribution in [2.45, 2.75) is 12.6 Å². The van der Waals surface area contributed by atoms with Crippen LogP contribution in [0.4, 0.5) is 4.39 Å². The molecule has 0 saturated carbocycles. The normalized spacial score (nSPS) is 12.2. The summed E-state index contributed by atoms with van der Waals surface area (Å²) in [6, 6.07) is 12.1. The second kappa shape index (κ2) is 7.04. The summed E-state index contributed by atoms with van der Waals surface area (Å²) in [5.74, 6) is -0.303. The van der Waals surface area contributed by atoms with Crippen LogP contribution in [0, 0.1) is 5.82 Å². The minimum absolute atomic E-state index is 0.162. The van der Waals surface area contributed by atoms with Crippen molar-refractivity contribution in [3.63, 3.8) is 0 Å². The van der Waals surface area contributed by atoms with Gasteiger partial charge in [-0.15, -0.1) is 0 Å². The Hall–Kier alpha value is -2.40. The molecular formula is C17H19FN2O2. The first-order chi connectivity index (χ1) is 10.5. The Labute approximate surface area is 129 Å². The van der Waals surface area contributed by atoms with Gasteiger partial charge < -0.3 is 10.4 Å². The Balaban J connectivity index is 2.06. The lowest BCUT2D eigenvalue weighted by Gasteiger charge is -2.24. The average Bonchev–Trinajstić information content (AvgIpc) is 2.48. The van der Waals surface area contributed by atoms with Crippen molar-refractivity contribution in [3.8, 4) is 5.75 Å². The molecule has 0 radical (unpaired) electrons. The van der Waals surface area contributed by atoms with Gasteiger partial charge in [-0.3, -0.25) is 9.69 Å². The second-order valence-corrected chi connectivity index (χ2v) is 5.30. The van der Waals surface area contributed by atoms with E-state index < -0.39 is 6.04 Å². The van der Waals surface area contributed by atoms with Crippen molar-refractivity contribution in [2.75, 3.05) is 14.1 Å². The molecule has 22 heavy (non-hydrogen) atoms. The number of hydrogen-bond acceptors (Lipinski definition) is 3. The molecule has 0 aromatic heterocycles. The summed E-state index contributed by atoms with van der Waals surface area (Å²) < 4.78 is 13.0. The highest BCUT2D eigenvalue weighted by molar-refractivity contribution is 5.83. The maximum Gasteiger partial charge on any atom is 0.242 e. The number of likely N-dealkylation sites (N-methyl/N-ethyl adjacent to an activating group) is 1. The number of halogens is 1. The highest BCUT2D eigenvalue weighted by Gasteiger charge is 2.22. The van der Waals surface area contributed by atoms with Crippen molar-refractivity contribution in [1.29, 1.82) is 0 Å². The summed E-state index contributed by atoms with van der Waals surface area (Å²) in [4.78, 5) is 14.2. The second-order valence-electron chi connectivity index (χ2n) is 5.30. The van der Waals surface area contributed by atoms with E-state index in [0.717, 1.165) is 11.1 Å². The SMILES string of the molecule is CN(C)[C@H](C(=O)NCc1ccc(O)cc1)c1ccc(F)cc1. The van der Waals surface area contributed by atoms with E-state index in [9.17, 15) is 14.3 Å². The van der Waals surface area contributed by atoms with Crippen LogP contribution in [-0.4, -0.2) is 30.0 Å². The predicted octanol–water partition coefficient (Wildman–Crippen LogP) is 2.45. The number of carbonyl (C=O) groups is 1. The van der Waals surface area contributed by atoms with Crippen molar-refractivity contribution in [2.24, 2.45) is 0 Å². The summed E-state index contributed by atoms with van der Waals surface area (Å²) in [5.41, 5.74) is 1.62. The van der Waals surface area contributed by atoms with E-state index in [1.54, 1.807) is 55.4 Å². The zero-order valence-corrected chi connectivity index (χ0v) is 12.6. The quantitative estimate of drug-likeness (QED) is 0.892. The summed E-state index contributed by atoms with van der Waals surface area (Å²) >= 11 is 0. The first-order valence-corrected chi connectivity index (χ1v) is 6.95. The highest BCUT2D eigenvalue weighted by atomic mass is 19.1. The van der Waals surface area contributed by atoms with Gasteiger partial charge >= 0.3 is 0 Å². The number of benzene rings is 2. The number of hydrogen-bond donors (Lipinski definition) is 2. The number of nitrogens with zero attached hydrogens (tertiary/aromatic N) is 1. The minimum atomic E-state index is -0.488. The smallest absolute Gasteiger partial charge is 0.242 e. The molecule has 116 valence electrons. The number of rotatable bonds is 5. The van der Waals surface area contributed by atoms with Crippen molar-refractivity contribution < 1.29 is 14.3 Å². The van der Waals surface area contributed by atoms with E-state index in [1.807, 2.05) is 0 Å². The molecule has 0 unspecified atom stereocenters. The monoisotopic (exact) mass is 302 g/mol. The van der Waals surface area contributed by atoms with Crippen LogP contribution in [0.1, 0.15) is 17.2 Å². The third-order valence-electron chi connectivity index (χ3n) is 3.35. The fourth-order valence-electron chi connectivity index (χ4n) is 2.23. The Morgan fingerprint density at radius 1 is 1.14 bits per heavy atom. The van der Waals surface area contributed by atoms with E-state index in [2.05, 4.69) is 5.32 Å². The van der Waals surface area contributed by atoms with E-state index in [4.69, 9.17) is 0 Å². The van der Waals surface area contributed by atoms with Gasteiger partial charge in [0, 0.05) is 6.54 Å². The van der Waals surface area contributed by atoms with Crippen LogP contribution in [0.2, 0.25) is 0 Å². The Morgan fingerprint density at radius 2 is 1.73 bits per heavy atom. The number of phenols is 1. The number of phenolic OH excluding ortho intramolecular Hbond substituents is 1. The Morgan fingerprint density at radius 3 is 2.27 bits per heavy atom. The van der Waals surface area contributed by atoms with E-state index in [0.29, 0.717) is 6.54 Å². The number of nitrogens with one attached hydrogen (secondary N) is 1. The maximum absolute atomic E-state index is 13.0. The van der Waals surface area contributed by atoms with Crippen molar-refractivity contribution >= 4 is 5.91 Å². The standard InChI is InChI=1S/C17H19FN2O2/c1-20(2)16(13-5-7-14(18)8-6-13)17(22)19-11-12-3-9-15(21)10-4-12/h3-10,16,21H,11H2,1-2H3,(H,19,22)/t16-/m0/s1. The number of carbonyl (C=O) groups excluding carboxylic acids is 1. The van der Waals surface area contributed by atoms with Crippen LogP contribution in [-0.2, 0) is 11.3 Å². The molecule has 4 nitrogen and oxygen atoms in total.